The van der Waals surface area contributed by atoms with Crippen LogP contribution in [0.1, 0.15) is 35.9 Å². The third kappa shape index (κ3) is 5.16. The van der Waals surface area contributed by atoms with Crippen molar-refractivity contribution in [2.75, 3.05) is 13.2 Å². The van der Waals surface area contributed by atoms with Crippen LogP contribution in [0, 0.1) is 6.92 Å². The number of halogens is 1. The molecule has 0 bridgehead atoms. The number of aryl methyl sites for hydroxylation is 1. The van der Waals surface area contributed by atoms with Crippen LogP contribution in [-0.2, 0) is 9.53 Å². The molecule has 2 aromatic rings. The van der Waals surface area contributed by atoms with Crippen molar-refractivity contribution in [3.05, 3.63) is 57.0 Å². The van der Waals surface area contributed by atoms with E-state index in [1.807, 2.05) is 6.92 Å². The van der Waals surface area contributed by atoms with Crippen molar-refractivity contribution in [3.8, 4) is 5.69 Å². The molecule has 0 saturated carbocycles. The van der Waals surface area contributed by atoms with E-state index >= 15 is 0 Å². The minimum absolute atomic E-state index is 0.382. The lowest BCUT2D eigenvalue weighted by Crippen LogP contribution is -2.31. The molecule has 0 unspecified atom stereocenters. The Bertz CT molecular complexity index is 847. The van der Waals surface area contributed by atoms with Gasteiger partial charge in [-0.15, -0.1) is 0 Å². The van der Waals surface area contributed by atoms with E-state index < -0.39 is 23.9 Å². The zero-order valence-electron chi connectivity index (χ0n) is 14.6. The van der Waals surface area contributed by atoms with Crippen molar-refractivity contribution < 1.29 is 14.3 Å². The Labute approximate surface area is 155 Å². The number of carbonyl (C=O) groups is 2. The number of nitrogens with one attached hydrogen (secondary N) is 1. The number of amides is 1. The Morgan fingerprint density at radius 3 is 2.62 bits per heavy atom. The molecular weight excluding hydrogens is 358 g/mol. The first kappa shape index (κ1) is 19.7. The van der Waals surface area contributed by atoms with E-state index in [2.05, 4.69) is 10.4 Å². The van der Waals surface area contributed by atoms with Crippen LogP contribution in [-0.4, -0.2) is 34.8 Å². The lowest BCUT2D eigenvalue weighted by atomic mass is 10.3. The summed E-state index contributed by atoms with van der Waals surface area (Å²) >= 11 is 5.87. The smallest absolute Gasteiger partial charge is 0.363 e. The molecule has 0 radical (unpaired) electrons. The van der Waals surface area contributed by atoms with E-state index in [1.165, 1.54) is 10.7 Å². The maximum atomic E-state index is 12.1. The summed E-state index contributed by atoms with van der Waals surface area (Å²) in [6.07, 6.45) is 1.78. The van der Waals surface area contributed by atoms with Gasteiger partial charge in [0.05, 0.1) is 5.69 Å². The van der Waals surface area contributed by atoms with Gasteiger partial charge < -0.3 is 10.1 Å². The predicted molar refractivity (Wildman–Crippen MR) is 97.8 cm³/mol. The van der Waals surface area contributed by atoms with Gasteiger partial charge in [-0.05, 0) is 37.6 Å². The molecule has 138 valence electrons. The molecule has 0 aliphatic carbocycles. The van der Waals surface area contributed by atoms with Gasteiger partial charge in [-0.1, -0.05) is 24.9 Å². The number of aromatic nitrogens is 2. The number of ether oxygens (including phenoxy) is 1. The second kappa shape index (κ2) is 9.15. The number of unbranched alkanes of at least 4 members (excludes halogenated alkanes) is 1. The third-order valence-electron chi connectivity index (χ3n) is 3.56. The average molecular weight is 378 g/mol. The molecule has 1 aromatic carbocycles. The largest absolute Gasteiger partial charge is 0.451 e. The Morgan fingerprint density at radius 1 is 1.27 bits per heavy atom. The number of nitrogens with zero attached hydrogens (tertiary/aromatic N) is 2. The van der Waals surface area contributed by atoms with E-state index in [0.717, 1.165) is 12.8 Å². The molecule has 1 N–H and O–H groups in total. The molecule has 1 aromatic heterocycles. The average Bonchev–Trinajstić information content (AvgIpc) is 2.61. The van der Waals surface area contributed by atoms with Gasteiger partial charge in [-0.25, -0.2) is 9.48 Å². The number of rotatable bonds is 7. The highest BCUT2D eigenvalue weighted by Gasteiger charge is 2.18. The number of hydrogen-bond donors (Lipinski definition) is 1. The van der Waals surface area contributed by atoms with Crippen LogP contribution in [0.4, 0.5) is 0 Å². The fraction of sp³-hybridized carbons (Fsp3) is 0.333. The Balaban J connectivity index is 2.14. The van der Waals surface area contributed by atoms with Crippen molar-refractivity contribution in [2.24, 2.45) is 0 Å². The third-order valence-corrected chi connectivity index (χ3v) is 3.81. The van der Waals surface area contributed by atoms with Crippen LogP contribution >= 0.6 is 11.6 Å². The van der Waals surface area contributed by atoms with Gasteiger partial charge >= 0.3 is 5.97 Å². The number of carbonyl (C=O) groups excluding carboxylic acids is 2. The Kier molecular flexibility index (Phi) is 6.91. The minimum Gasteiger partial charge on any atom is -0.451 e. The number of benzene rings is 1. The van der Waals surface area contributed by atoms with Crippen LogP contribution in [0.15, 0.2) is 35.1 Å². The Hall–Kier alpha value is -2.67. The summed E-state index contributed by atoms with van der Waals surface area (Å²) in [6.45, 7) is 3.75. The SMILES string of the molecule is CCCCNC(=O)COC(=O)c1nn(-c2ccc(Cl)cc2)c(C)cc1=O. The molecule has 0 aliphatic heterocycles. The highest BCUT2D eigenvalue weighted by Crippen LogP contribution is 2.13. The lowest BCUT2D eigenvalue weighted by molar-refractivity contribution is -0.124. The van der Waals surface area contributed by atoms with E-state index in [9.17, 15) is 14.4 Å². The van der Waals surface area contributed by atoms with Crippen molar-refractivity contribution in [3.63, 3.8) is 0 Å². The van der Waals surface area contributed by atoms with Gasteiger partial charge in [0.15, 0.2) is 6.61 Å². The molecule has 0 spiro atoms. The fourth-order valence-corrected chi connectivity index (χ4v) is 2.31. The first-order chi connectivity index (χ1) is 12.4. The first-order valence-corrected chi connectivity index (χ1v) is 8.61. The zero-order valence-corrected chi connectivity index (χ0v) is 15.4. The summed E-state index contributed by atoms with van der Waals surface area (Å²) in [5, 5.41) is 7.26. The maximum absolute atomic E-state index is 12.1. The van der Waals surface area contributed by atoms with E-state index in [4.69, 9.17) is 16.3 Å². The predicted octanol–water partition coefficient (Wildman–Crippen LogP) is 2.27. The van der Waals surface area contributed by atoms with Crippen LogP contribution in [0.3, 0.4) is 0 Å². The normalized spacial score (nSPS) is 10.4. The molecule has 26 heavy (non-hydrogen) atoms. The lowest BCUT2D eigenvalue weighted by Gasteiger charge is -2.11. The Morgan fingerprint density at radius 2 is 1.96 bits per heavy atom. The fourth-order valence-electron chi connectivity index (χ4n) is 2.19. The summed E-state index contributed by atoms with van der Waals surface area (Å²) in [7, 11) is 0. The van der Waals surface area contributed by atoms with E-state index in [-0.39, 0.29) is 5.69 Å². The monoisotopic (exact) mass is 377 g/mol. The summed E-state index contributed by atoms with van der Waals surface area (Å²) in [6, 6.07) is 8.06. The quantitative estimate of drug-likeness (QED) is 0.590. The van der Waals surface area contributed by atoms with Crippen LogP contribution < -0.4 is 10.7 Å². The summed E-state index contributed by atoms with van der Waals surface area (Å²) in [5.74, 6) is -1.36. The summed E-state index contributed by atoms with van der Waals surface area (Å²) in [5.41, 5.74) is 0.237. The molecule has 0 fully saturated rings. The molecular formula is C18H20ClN3O4. The van der Waals surface area contributed by atoms with Crippen LogP contribution in [0.2, 0.25) is 5.02 Å². The van der Waals surface area contributed by atoms with Crippen molar-refractivity contribution in [1.82, 2.24) is 15.1 Å². The van der Waals surface area contributed by atoms with Crippen LogP contribution in [0.25, 0.3) is 5.69 Å². The van der Waals surface area contributed by atoms with Crippen LogP contribution in [0.5, 0.6) is 0 Å². The highest BCUT2D eigenvalue weighted by atomic mass is 35.5. The number of esters is 1. The molecule has 1 amide bonds. The van der Waals surface area contributed by atoms with Gasteiger partial charge in [0, 0.05) is 23.3 Å². The second-order valence-electron chi connectivity index (χ2n) is 5.67. The molecule has 7 nitrogen and oxygen atoms in total. The molecule has 8 heteroatoms. The summed E-state index contributed by atoms with van der Waals surface area (Å²) in [4.78, 5) is 35.8. The van der Waals surface area contributed by atoms with Gasteiger partial charge in [-0.3, -0.25) is 9.59 Å². The standard InChI is InChI=1S/C18H20ClN3O4/c1-3-4-9-20-16(24)11-26-18(25)17-15(23)10-12(2)22(21-17)14-7-5-13(19)6-8-14/h5-8,10H,3-4,9,11H2,1-2H3,(H,20,24). The highest BCUT2D eigenvalue weighted by molar-refractivity contribution is 6.30. The molecule has 0 atom stereocenters. The van der Waals surface area contributed by atoms with Crippen molar-refractivity contribution >= 4 is 23.5 Å². The zero-order chi connectivity index (χ0) is 19.1. The first-order valence-electron chi connectivity index (χ1n) is 8.23. The molecule has 0 aliphatic rings. The van der Waals surface area contributed by atoms with Gasteiger partial charge in [0.25, 0.3) is 5.91 Å². The van der Waals surface area contributed by atoms with Gasteiger partial charge in [-0.2, -0.15) is 5.10 Å². The molecule has 1 heterocycles. The maximum Gasteiger partial charge on any atom is 0.363 e. The van der Waals surface area contributed by atoms with E-state index in [0.29, 0.717) is 22.9 Å². The van der Waals surface area contributed by atoms with E-state index in [1.54, 1.807) is 31.2 Å². The van der Waals surface area contributed by atoms with Crippen molar-refractivity contribution in [2.45, 2.75) is 26.7 Å². The topological polar surface area (TPSA) is 90.3 Å². The molecule has 0 saturated heterocycles. The van der Waals surface area contributed by atoms with Gasteiger partial charge in [0.1, 0.15) is 0 Å². The number of hydrogen-bond acceptors (Lipinski definition) is 5. The minimum atomic E-state index is -0.941. The van der Waals surface area contributed by atoms with Crippen molar-refractivity contribution in [1.29, 1.82) is 0 Å². The molecule has 2 rings (SSSR count). The second-order valence-corrected chi connectivity index (χ2v) is 6.10. The van der Waals surface area contributed by atoms with Gasteiger partial charge in [0.2, 0.25) is 11.1 Å². The summed E-state index contributed by atoms with van der Waals surface area (Å²) < 4.78 is 6.34.